The van der Waals surface area contributed by atoms with Gasteiger partial charge in [-0.1, -0.05) is 74.8 Å². The molecule has 1 heterocycles. The molecule has 4 aliphatic carbocycles. The van der Waals surface area contributed by atoms with E-state index in [1.807, 2.05) is 25.2 Å². The number of hydrogen-bond donors (Lipinski definition) is 7. The van der Waals surface area contributed by atoms with Gasteiger partial charge in [-0.3, -0.25) is 4.79 Å². The predicted octanol–water partition coefficient (Wildman–Crippen LogP) is 6.96. The van der Waals surface area contributed by atoms with E-state index in [0.717, 1.165) is 73.7 Å². The molecule has 10 atom stereocenters. The fourth-order valence-corrected chi connectivity index (χ4v) is 13.2. The van der Waals surface area contributed by atoms with Crippen LogP contribution in [0.25, 0.3) is 0 Å². The smallest absolute Gasteiger partial charge is 0.160 e. The molecule has 3 fully saturated rings. The number of aromatic hydroxyl groups is 3. The zero-order chi connectivity index (χ0) is 40.8. The quantitative estimate of drug-likeness (QED) is 0.0621. The second kappa shape index (κ2) is 16.2. The highest BCUT2D eigenvalue weighted by Gasteiger charge is 2.74. The van der Waals surface area contributed by atoms with E-state index in [1.54, 1.807) is 18.2 Å². The first-order valence-electron chi connectivity index (χ1n) is 21.8. The zero-order valence-electron chi connectivity index (χ0n) is 34.4. The van der Waals surface area contributed by atoms with Gasteiger partial charge in [0.25, 0.3) is 0 Å². The SMILES string of the molecule is CCCCCC1C(=O)CC(c2cc(OC)c(O)cc2CO)C(Cc2ccccc2)C#CC2CNC34CCCC5CC(CNC)c6cc(O)c(O)cc6C53C2C1(O)CC4. The third kappa shape index (κ3) is 6.50. The van der Waals surface area contributed by atoms with Gasteiger partial charge in [-0.15, -0.1) is 0 Å². The van der Waals surface area contributed by atoms with Crippen molar-refractivity contribution in [2.24, 2.45) is 29.6 Å². The van der Waals surface area contributed by atoms with Crippen LogP contribution in [-0.2, 0) is 23.2 Å². The van der Waals surface area contributed by atoms with E-state index in [1.165, 1.54) is 13.2 Å². The third-order valence-corrected chi connectivity index (χ3v) is 15.4. The highest BCUT2D eigenvalue weighted by atomic mass is 16.5. The van der Waals surface area contributed by atoms with E-state index >= 15 is 4.79 Å². The molecule has 58 heavy (non-hydrogen) atoms. The lowest BCUT2D eigenvalue weighted by Gasteiger charge is -2.73. The average molecular weight is 791 g/mol. The molecule has 2 bridgehead atoms. The Balaban J connectivity index is 1.39. The summed E-state index contributed by atoms with van der Waals surface area (Å²) in [5, 5.41) is 65.4. The van der Waals surface area contributed by atoms with Crippen molar-refractivity contribution in [3.05, 3.63) is 82.4 Å². The van der Waals surface area contributed by atoms with Gasteiger partial charge >= 0.3 is 0 Å². The number of carbonyl (C=O) groups is 1. The van der Waals surface area contributed by atoms with Crippen LogP contribution in [0.3, 0.4) is 0 Å². The number of ether oxygens (including phenoxy) is 1. The molecule has 1 aliphatic heterocycles. The topological polar surface area (TPSA) is 152 Å². The molecule has 9 heteroatoms. The maximum atomic E-state index is 15.6. The van der Waals surface area contributed by atoms with E-state index in [9.17, 15) is 25.5 Å². The fraction of sp³-hybridized carbons (Fsp3) is 0.571. The van der Waals surface area contributed by atoms with Crippen molar-refractivity contribution in [2.45, 2.75) is 119 Å². The van der Waals surface area contributed by atoms with Crippen molar-refractivity contribution in [3.8, 4) is 34.8 Å². The van der Waals surface area contributed by atoms with Crippen LogP contribution >= 0.6 is 0 Å². The summed E-state index contributed by atoms with van der Waals surface area (Å²) in [6.45, 7) is 3.12. The minimum absolute atomic E-state index is 0.00693. The van der Waals surface area contributed by atoms with Gasteiger partial charge < -0.3 is 40.9 Å². The van der Waals surface area contributed by atoms with Crippen molar-refractivity contribution >= 4 is 5.78 Å². The molecular weight excluding hydrogens is 729 g/mol. The molecule has 8 rings (SSSR count). The second-order valence-electron chi connectivity index (χ2n) is 18.2. The van der Waals surface area contributed by atoms with E-state index in [0.29, 0.717) is 37.8 Å². The molecule has 7 N–H and O–H groups in total. The highest BCUT2D eigenvalue weighted by Crippen LogP contribution is 2.71. The molecule has 310 valence electrons. The molecule has 1 spiro atoms. The van der Waals surface area contributed by atoms with Crippen molar-refractivity contribution in [2.75, 3.05) is 27.2 Å². The lowest BCUT2D eigenvalue weighted by atomic mass is 9.34. The molecule has 1 saturated heterocycles. The van der Waals surface area contributed by atoms with Crippen LogP contribution in [0.15, 0.2) is 54.6 Å². The summed E-state index contributed by atoms with van der Waals surface area (Å²) in [7, 11) is 3.45. The van der Waals surface area contributed by atoms with Gasteiger partial charge in [0.05, 0.1) is 19.3 Å². The number of fused-ring (bicyclic) bond motifs is 1. The summed E-state index contributed by atoms with van der Waals surface area (Å²) in [4.78, 5) is 15.6. The Labute approximate surface area is 343 Å². The second-order valence-corrected chi connectivity index (χ2v) is 18.2. The van der Waals surface area contributed by atoms with Crippen LogP contribution in [0, 0.1) is 41.4 Å². The minimum atomic E-state index is -1.39. The third-order valence-electron chi connectivity index (χ3n) is 15.4. The van der Waals surface area contributed by atoms with E-state index in [4.69, 9.17) is 4.74 Å². The van der Waals surface area contributed by atoms with Gasteiger partial charge in [0.1, 0.15) is 5.78 Å². The normalized spacial score (nSPS) is 33.8. The summed E-state index contributed by atoms with van der Waals surface area (Å²) >= 11 is 0. The molecular formula is C49H62N2O7. The van der Waals surface area contributed by atoms with Crippen LogP contribution in [0.1, 0.15) is 117 Å². The molecule has 9 nitrogen and oxygen atoms in total. The molecule has 3 aromatic rings. The van der Waals surface area contributed by atoms with Gasteiger partial charge in [-0.2, -0.15) is 0 Å². The van der Waals surface area contributed by atoms with Gasteiger partial charge in [-0.25, -0.2) is 0 Å². The van der Waals surface area contributed by atoms with Crippen molar-refractivity contribution in [3.63, 3.8) is 0 Å². The Morgan fingerprint density at radius 3 is 2.50 bits per heavy atom. The first-order chi connectivity index (χ1) is 28.0. The number of phenolic OH excluding ortho intramolecular Hbond substituents is 3. The molecule has 3 aromatic carbocycles. The van der Waals surface area contributed by atoms with E-state index in [-0.39, 0.29) is 71.0 Å². The van der Waals surface area contributed by atoms with Gasteiger partial charge in [-0.05, 0) is 116 Å². The number of likely N-dealkylation sites (N-methyl/N-ethyl adjacent to an activating group) is 1. The molecule has 5 aliphatic rings. The van der Waals surface area contributed by atoms with Gasteiger partial charge in [0, 0.05) is 60.1 Å². The van der Waals surface area contributed by atoms with Crippen molar-refractivity contribution < 1.29 is 35.1 Å². The molecule has 0 aromatic heterocycles. The van der Waals surface area contributed by atoms with Crippen LogP contribution in [0.2, 0.25) is 0 Å². The number of carbonyl (C=O) groups excluding carboxylic acids is 1. The summed E-state index contributed by atoms with van der Waals surface area (Å²) in [6, 6.07) is 17.1. The summed E-state index contributed by atoms with van der Waals surface area (Å²) < 4.78 is 5.60. The number of ketones is 1. The Kier molecular flexibility index (Phi) is 11.4. The van der Waals surface area contributed by atoms with E-state index in [2.05, 4.69) is 41.5 Å². The van der Waals surface area contributed by atoms with Gasteiger partial charge in [0.15, 0.2) is 23.0 Å². The Morgan fingerprint density at radius 1 is 0.966 bits per heavy atom. The molecule has 0 radical (unpaired) electrons. The lowest BCUT2D eigenvalue weighted by molar-refractivity contribution is -0.213. The van der Waals surface area contributed by atoms with Crippen LogP contribution in [-0.4, -0.2) is 69.7 Å². The minimum Gasteiger partial charge on any atom is -0.504 e. The van der Waals surface area contributed by atoms with Crippen molar-refractivity contribution in [1.82, 2.24) is 10.6 Å². The van der Waals surface area contributed by atoms with E-state index < -0.39 is 28.8 Å². The monoisotopic (exact) mass is 790 g/mol. The summed E-state index contributed by atoms with van der Waals surface area (Å²) in [6.07, 6.45) is 8.93. The lowest BCUT2D eigenvalue weighted by Crippen LogP contribution is -2.81. The number of aliphatic hydroxyl groups excluding tert-OH is 1. The number of hydrogen-bond acceptors (Lipinski definition) is 9. The number of phenols is 3. The molecule has 0 amide bonds. The maximum Gasteiger partial charge on any atom is 0.160 e. The van der Waals surface area contributed by atoms with Crippen LogP contribution in [0.5, 0.6) is 23.0 Å². The average Bonchev–Trinajstić information content (AvgIpc) is 3.22. The van der Waals surface area contributed by atoms with Gasteiger partial charge in [0.2, 0.25) is 0 Å². The van der Waals surface area contributed by atoms with Crippen LogP contribution < -0.4 is 15.4 Å². The predicted molar refractivity (Wildman–Crippen MR) is 224 cm³/mol. The Hall–Kier alpha value is -4.07. The number of benzene rings is 3. The fourth-order valence-electron chi connectivity index (χ4n) is 13.2. The zero-order valence-corrected chi connectivity index (χ0v) is 34.4. The number of methoxy groups -OCH3 is 1. The van der Waals surface area contributed by atoms with Crippen LogP contribution in [0.4, 0.5) is 0 Å². The first-order valence-corrected chi connectivity index (χ1v) is 21.8. The maximum absolute atomic E-state index is 15.6. The number of aliphatic hydroxyl groups is 2. The standard InChI is InChI=1S/C49H62N2O7/c1-4-5-7-14-39-41(53)23-36(37-25-45(58-3)44(56)22-34(37)29-52)31(20-30-11-8-6-9-12-30)15-16-32-28-51-47-17-10-13-35-21-33(27-50-2)38-24-42(54)43(55)26-40(38)49(35,47)46(32)48(39,57)19-18-47/h6,8-9,11-12,22,24-26,31-33,35-36,39,46,50-52,54-57H,4-5,7,10,13-14,17-21,23,27-29H2,1-3H3. The molecule has 10 unspecified atom stereocenters. The first kappa shape index (κ1) is 40.7. The summed E-state index contributed by atoms with van der Waals surface area (Å²) in [5.74, 6) is 5.60. The number of piperidine rings is 1. The number of rotatable bonds is 11. The summed E-state index contributed by atoms with van der Waals surface area (Å²) in [5.41, 5.74) is 1.93. The largest absolute Gasteiger partial charge is 0.504 e. The van der Waals surface area contributed by atoms with Crippen molar-refractivity contribution in [1.29, 1.82) is 0 Å². The number of unbranched alkanes of at least 4 members (excludes halogenated alkanes) is 2. The Bertz CT molecular complexity index is 2060. The Morgan fingerprint density at radius 2 is 1.76 bits per heavy atom. The molecule has 2 saturated carbocycles. The number of Topliss-reactive ketones (excluding diaryl/α,β-unsaturated/α-hetero) is 1. The highest BCUT2D eigenvalue weighted by molar-refractivity contribution is 5.84. The number of nitrogens with one attached hydrogen (secondary N) is 2.